The smallest absolute Gasteiger partial charge is 0.303 e. The lowest BCUT2D eigenvalue weighted by molar-refractivity contribution is -0.141. The van der Waals surface area contributed by atoms with Crippen LogP contribution in [-0.2, 0) is 9.59 Å². The fraction of sp³-hybridized carbons (Fsp3) is 0.261. The minimum atomic E-state index is -1.01. The third-order valence-corrected chi connectivity index (χ3v) is 5.10. The summed E-state index contributed by atoms with van der Waals surface area (Å²) < 4.78 is 5.50. The average Bonchev–Trinajstić information content (AvgIpc) is 3.23. The van der Waals surface area contributed by atoms with Crippen LogP contribution in [0.25, 0.3) is 11.0 Å². The van der Waals surface area contributed by atoms with E-state index in [2.05, 4.69) is 15.1 Å². The number of carbonyl (C=O) groups excluding carboxylic acids is 1. The first kappa shape index (κ1) is 20.5. The first-order valence-electron chi connectivity index (χ1n) is 10.1. The van der Waals surface area contributed by atoms with E-state index in [1.54, 1.807) is 12.4 Å². The van der Waals surface area contributed by atoms with Crippen LogP contribution in [0.3, 0.4) is 0 Å². The van der Waals surface area contributed by atoms with E-state index < -0.39 is 5.97 Å². The zero-order chi connectivity index (χ0) is 21.8. The molecular weight excluding hydrogens is 396 g/mol. The van der Waals surface area contributed by atoms with Crippen LogP contribution in [0.2, 0.25) is 0 Å². The highest BCUT2D eigenvalue weighted by molar-refractivity contribution is 6.03. The topological polar surface area (TPSA) is 105 Å². The van der Waals surface area contributed by atoms with Crippen molar-refractivity contribution in [3.8, 4) is 5.75 Å². The van der Waals surface area contributed by atoms with Crippen LogP contribution >= 0.6 is 0 Å². The number of fused-ring (bicyclic) bond motifs is 1. The Labute approximate surface area is 179 Å². The second-order valence-electron chi connectivity index (χ2n) is 7.16. The SMILES string of the molecule is CCOc1ccc(C2=NN(C(=O)CCC(=O)O)[C@@H](c3ccc4nccnc4c3)C2)cc1. The van der Waals surface area contributed by atoms with E-state index >= 15 is 0 Å². The third-order valence-electron chi connectivity index (χ3n) is 5.10. The van der Waals surface area contributed by atoms with Gasteiger partial charge in [-0.05, 0) is 54.4 Å². The molecule has 1 aliphatic heterocycles. The third kappa shape index (κ3) is 4.53. The molecule has 0 unspecified atom stereocenters. The first-order valence-corrected chi connectivity index (χ1v) is 10.1. The molecule has 0 fully saturated rings. The van der Waals surface area contributed by atoms with Crippen molar-refractivity contribution in [1.29, 1.82) is 0 Å². The summed E-state index contributed by atoms with van der Waals surface area (Å²) in [7, 11) is 0. The fourth-order valence-corrected chi connectivity index (χ4v) is 3.60. The zero-order valence-electron chi connectivity index (χ0n) is 17.1. The largest absolute Gasteiger partial charge is 0.494 e. The lowest BCUT2D eigenvalue weighted by Gasteiger charge is -2.22. The Hall–Kier alpha value is -3.81. The number of hydrazone groups is 1. The van der Waals surface area contributed by atoms with Crippen molar-refractivity contribution in [1.82, 2.24) is 15.0 Å². The van der Waals surface area contributed by atoms with Crippen molar-refractivity contribution in [2.75, 3.05) is 6.61 Å². The van der Waals surface area contributed by atoms with E-state index in [0.717, 1.165) is 33.6 Å². The van der Waals surface area contributed by atoms with Gasteiger partial charge in [0.2, 0.25) is 5.91 Å². The molecule has 2 heterocycles. The number of ether oxygens (including phenoxy) is 1. The monoisotopic (exact) mass is 418 g/mol. The van der Waals surface area contributed by atoms with Crippen molar-refractivity contribution < 1.29 is 19.4 Å². The van der Waals surface area contributed by atoms with E-state index in [1.807, 2.05) is 49.4 Å². The summed E-state index contributed by atoms with van der Waals surface area (Å²) in [6.07, 6.45) is 3.42. The van der Waals surface area contributed by atoms with Gasteiger partial charge in [-0.1, -0.05) is 6.07 Å². The molecule has 1 N–H and O–H groups in total. The van der Waals surface area contributed by atoms with E-state index in [4.69, 9.17) is 9.84 Å². The van der Waals surface area contributed by atoms with E-state index in [1.165, 1.54) is 5.01 Å². The molecular formula is C23H22N4O4. The van der Waals surface area contributed by atoms with Crippen molar-refractivity contribution in [3.05, 3.63) is 66.0 Å². The Kier molecular flexibility index (Phi) is 5.88. The number of nitrogens with zero attached hydrogens (tertiary/aromatic N) is 4. The van der Waals surface area contributed by atoms with Gasteiger partial charge in [0.05, 0.1) is 35.8 Å². The van der Waals surface area contributed by atoms with Crippen LogP contribution in [-0.4, -0.2) is 44.3 Å². The molecule has 0 aliphatic carbocycles. The Bertz CT molecular complexity index is 1140. The number of carboxylic acid groups (broad SMARTS) is 1. The van der Waals surface area contributed by atoms with Crippen molar-refractivity contribution in [3.63, 3.8) is 0 Å². The normalized spacial score (nSPS) is 15.7. The number of aliphatic carboxylic acids is 1. The Morgan fingerprint density at radius 2 is 1.81 bits per heavy atom. The highest BCUT2D eigenvalue weighted by Crippen LogP contribution is 2.34. The lowest BCUT2D eigenvalue weighted by Crippen LogP contribution is -2.27. The van der Waals surface area contributed by atoms with E-state index in [-0.39, 0.29) is 24.8 Å². The number of amides is 1. The molecule has 0 saturated heterocycles. The first-order chi connectivity index (χ1) is 15.0. The van der Waals surface area contributed by atoms with Crippen LogP contribution in [0, 0.1) is 0 Å². The highest BCUT2D eigenvalue weighted by Gasteiger charge is 2.33. The van der Waals surface area contributed by atoms with Gasteiger partial charge >= 0.3 is 5.97 Å². The van der Waals surface area contributed by atoms with Crippen molar-refractivity contribution >= 4 is 28.6 Å². The predicted molar refractivity (Wildman–Crippen MR) is 115 cm³/mol. The minimum Gasteiger partial charge on any atom is -0.494 e. The van der Waals surface area contributed by atoms with Gasteiger partial charge in [-0.3, -0.25) is 19.6 Å². The van der Waals surface area contributed by atoms with Crippen LogP contribution in [0.4, 0.5) is 0 Å². The van der Waals surface area contributed by atoms with Gasteiger partial charge in [-0.2, -0.15) is 5.10 Å². The van der Waals surface area contributed by atoms with Gasteiger partial charge in [-0.15, -0.1) is 0 Å². The summed E-state index contributed by atoms with van der Waals surface area (Å²) in [4.78, 5) is 32.4. The lowest BCUT2D eigenvalue weighted by atomic mass is 9.97. The molecule has 1 aliphatic rings. The van der Waals surface area contributed by atoms with Crippen LogP contribution in [0.15, 0.2) is 60.0 Å². The molecule has 8 heteroatoms. The number of carboxylic acids is 1. The van der Waals surface area contributed by atoms with Crippen molar-refractivity contribution in [2.24, 2.45) is 5.10 Å². The standard InChI is InChI=1S/C23H22N4O4/c1-2-31-17-6-3-15(4-7-17)19-14-21(27(26-19)22(28)9-10-23(29)30)16-5-8-18-20(13-16)25-12-11-24-18/h3-8,11-13,21H,2,9-10,14H2,1H3,(H,29,30)/t21-/m1/s1. The van der Waals surface area contributed by atoms with Crippen LogP contribution in [0.5, 0.6) is 5.75 Å². The molecule has 0 spiro atoms. The molecule has 3 aromatic rings. The molecule has 8 nitrogen and oxygen atoms in total. The van der Waals surface area contributed by atoms with Gasteiger partial charge in [0.1, 0.15) is 5.75 Å². The number of rotatable bonds is 7. The van der Waals surface area contributed by atoms with Crippen LogP contribution in [0.1, 0.15) is 43.4 Å². The Morgan fingerprint density at radius 1 is 1.06 bits per heavy atom. The maximum Gasteiger partial charge on any atom is 0.303 e. The Balaban J connectivity index is 1.65. The van der Waals surface area contributed by atoms with Gasteiger partial charge in [0.15, 0.2) is 0 Å². The predicted octanol–water partition coefficient (Wildman–Crippen LogP) is 3.57. The maximum atomic E-state index is 12.8. The second kappa shape index (κ2) is 8.91. The molecule has 2 aromatic carbocycles. The molecule has 0 bridgehead atoms. The molecule has 1 amide bonds. The average molecular weight is 418 g/mol. The summed E-state index contributed by atoms with van der Waals surface area (Å²) in [6.45, 7) is 2.51. The molecule has 0 radical (unpaired) electrons. The number of hydrogen-bond acceptors (Lipinski definition) is 6. The molecule has 31 heavy (non-hydrogen) atoms. The van der Waals surface area contributed by atoms with Gasteiger partial charge < -0.3 is 9.84 Å². The molecule has 0 saturated carbocycles. The summed E-state index contributed by atoms with van der Waals surface area (Å²) in [5.74, 6) is -0.572. The fourth-order valence-electron chi connectivity index (χ4n) is 3.60. The quantitative estimate of drug-likeness (QED) is 0.629. The number of benzene rings is 2. The zero-order valence-corrected chi connectivity index (χ0v) is 17.1. The summed E-state index contributed by atoms with van der Waals surface area (Å²) in [5.41, 5.74) is 4.02. The van der Waals surface area contributed by atoms with E-state index in [9.17, 15) is 9.59 Å². The van der Waals surface area contributed by atoms with Gasteiger partial charge in [0, 0.05) is 25.2 Å². The highest BCUT2D eigenvalue weighted by atomic mass is 16.5. The summed E-state index contributed by atoms with van der Waals surface area (Å²) >= 11 is 0. The Morgan fingerprint density at radius 3 is 2.52 bits per heavy atom. The summed E-state index contributed by atoms with van der Waals surface area (Å²) in [5, 5.41) is 15.0. The maximum absolute atomic E-state index is 12.8. The second-order valence-corrected chi connectivity index (χ2v) is 7.16. The molecule has 158 valence electrons. The van der Waals surface area contributed by atoms with Gasteiger partial charge in [0.25, 0.3) is 0 Å². The summed E-state index contributed by atoms with van der Waals surface area (Å²) in [6, 6.07) is 12.9. The number of hydrogen-bond donors (Lipinski definition) is 1. The number of carbonyl (C=O) groups is 2. The molecule has 1 aromatic heterocycles. The van der Waals surface area contributed by atoms with Gasteiger partial charge in [-0.25, -0.2) is 5.01 Å². The van der Waals surface area contributed by atoms with Crippen LogP contribution < -0.4 is 4.74 Å². The number of aromatic nitrogens is 2. The van der Waals surface area contributed by atoms with E-state index in [0.29, 0.717) is 13.0 Å². The molecule has 4 rings (SSSR count). The minimum absolute atomic E-state index is 0.112. The molecule has 1 atom stereocenters. The van der Waals surface area contributed by atoms with Crippen molar-refractivity contribution in [2.45, 2.75) is 32.2 Å².